The minimum Gasteiger partial charge on any atom is -0.508 e. The quantitative estimate of drug-likeness (QED) is 0.759. The molecule has 2 heterocycles. The number of nitriles is 1. The van der Waals surface area contributed by atoms with E-state index in [2.05, 4.69) is 11.1 Å². The van der Waals surface area contributed by atoms with Gasteiger partial charge < -0.3 is 15.4 Å². The lowest BCUT2D eigenvalue weighted by molar-refractivity contribution is 0.475. The number of phenols is 1. The monoisotopic (exact) mass is 290 g/mol. The van der Waals surface area contributed by atoms with Crippen LogP contribution in [0.5, 0.6) is 5.75 Å². The highest BCUT2D eigenvalue weighted by Gasteiger charge is 2.14. The van der Waals surface area contributed by atoms with Gasteiger partial charge in [0.25, 0.3) is 0 Å². The molecule has 108 valence electrons. The molecular formula is C17H14N4O. The van der Waals surface area contributed by atoms with Crippen LogP contribution in [0.25, 0.3) is 22.4 Å². The maximum Gasteiger partial charge on any atom is 0.142 e. The van der Waals surface area contributed by atoms with E-state index in [1.54, 1.807) is 18.2 Å². The van der Waals surface area contributed by atoms with Crippen LogP contribution in [0.15, 0.2) is 48.8 Å². The van der Waals surface area contributed by atoms with Gasteiger partial charge in [0.15, 0.2) is 0 Å². The van der Waals surface area contributed by atoms with Crippen LogP contribution in [0.3, 0.4) is 0 Å². The van der Waals surface area contributed by atoms with Gasteiger partial charge in [0, 0.05) is 30.6 Å². The number of phenolic OH excluding ortho intramolecular Hbond substituents is 1. The lowest BCUT2D eigenvalue weighted by Crippen LogP contribution is -1.99. The molecule has 3 aromatic rings. The van der Waals surface area contributed by atoms with Crippen molar-refractivity contribution in [1.29, 1.82) is 5.26 Å². The first-order valence-electron chi connectivity index (χ1n) is 6.71. The number of hydrogen-bond acceptors (Lipinski definition) is 4. The van der Waals surface area contributed by atoms with Crippen molar-refractivity contribution < 1.29 is 5.11 Å². The Balaban J connectivity index is 2.24. The summed E-state index contributed by atoms with van der Waals surface area (Å²) in [6.07, 6.45) is 3.85. The van der Waals surface area contributed by atoms with Gasteiger partial charge in [-0.1, -0.05) is 12.1 Å². The largest absolute Gasteiger partial charge is 0.508 e. The van der Waals surface area contributed by atoms with E-state index in [1.807, 2.05) is 42.2 Å². The van der Waals surface area contributed by atoms with Crippen molar-refractivity contribution >= 4 is 5.82 Å². The Morgan fingerprint density at radius 3 is 2.68 bits per heavy atom. The van der Waals surface area contributed by atoms with E-state index >= 15 is 0 Å². The van der Waals surface area contributed by atoms with Crippen molar-refractivity contribution in [3.05, 3.63) is 54.4 Å². The number of pyridine rings is 1. The molecule has 2 aromatic heterocycles. The molecule has 0 bridgehead atoms. The van der Waals surface area contributed by atoms with Gasteiger partial charge in [-0.2, -0.15) is 5.26 Å². The molecule has 0 atom stereocenters. The molecule has 0 unspecified atom stereocenters. The third kappa shape index (κ3) is 2.38. The molecule has 0 saturated heterocycles. The lowest BCUT2D eigenvalue weighted by atomic mass is 9.99. The molecular weight excluding hydrogens is 276 g/mol. The number of nitrogens with two attached hydrogens (primary N) is 1. The van der Waals surface area contributed by atoms with E-state index in [0.29, 0.717) is 16.8 Å². The third-order valence-electron chi connectivity index (χ3n) is 3.44. The van der Waals surface area contributed by atoms with Gasteiger partial charge in [-0.3, -0.25) is 0 Å². The maximum atomic E-state index is 9.66. The highest BCUT2D eigenvalue weighted by molar-refractivity contribution is 5.80. The van der Waals surface area contributed by atoms with Gasteiger partial charge in [0.2, 0.25) is 0 Å². The molecule has 3 rings (SSSR count). The highest BCUT2D eigenvalue weighted by Crippen LogP contribution is 2.32. The van der Waals surface area contributed by atoms with Crippen LogP contribution in [0.1, 0.15) is 5.56 Å². The van der Waals surface area contributed by atoms with E-state index in [-0.39, 0.29) is 11.6 Å². The van der Waals surface area contributed by atoms with Gasteiger partial charge in [-0.15, -0.1) is 0 Å². The molecule has 5 nitrogen and oxygen atoms in total. The van der Waals surface area contributed by atoms with Crippen molar-refractivity contribution in [2.75, 3.05) is 5.73 Å². The number of aryl methyl sites for hydroxylation is 1. The average molecular weight is 290 g/mol. The second-order valence-corrected chi connectivity index (χ2v) is 5.04. The second kappa shape index (κ2) is 5.26. The Morgan fingerprint density at radius 1 is 1.23 bits per heavy atom. The number of nitrogens with zero attached hydrogens (tertiary/aromatic N) is 3. The number of rotatable bonds is 2. The topological polar surface area (TPSA) is 87.9 Å². The molecule has 0 radical (unpaired) electrons. The molecule has 0 saturated carbocycles. The van der Waals surface area contributed by atoms with Gasteiger partial charge in [-0.25, -0.2) is 4.98 Å². The number of anilines is 1. The minimum absolute atomic E-state index is 0.137. The smallest absolute Gasteiger partial charge is 0.142 e. The minimum atomic E-state index is 0.137. The molecule has 0 aliphatic carbocycles. The first-order chi connectivity index (χ1) is 10.6. The predicted octanol–water partition coefficient (Wildman–Crippen LogP) is 2.91. The zero-order chi connectivity index (χ0) is 15.7. The number of aromatic hydroxyl groups is 1. The van der Waals surface area contributed by atoms with Crippen LogP contribution < -0.4 is 5.73 Å². The average Bonchev–Trinajstić information content (AvgIpc) is 2.93. The van der Waals surface area contributed by atoms with Crippen LogP contribution in [-0.2, 0) is 7.05 Å². The SMILES string of the molecule is Cn1ccc(-c2cc(-c3cccc(O)c3)c(C#N)c(N)n2)c1. The van der Waals surface area contributed by atoms with Crippen LogP contribution in [0, 0.1) is 11.3 Å². The number of aromatic nitrogens is 2. The van der Waals surface area contributed by atoms with E-state index in [9.17, 15) is 10.4 Å². The summed E-state index contributed by atoms with van der Waals surface area (Å²) in [5.74, 6) is 0.320. The first-order valence-corrected chi connectivity index (χ1v) is 6.71. The second-order valence-electron chi connectivity index (χ2n) is 5.04. The highest BCUT2D eigenvalue weighted by atomic mass is 16.3. The molecule has 5 heteroatoms. The van der Waals surface area contributed by atoms with E-state index in [4.69, 9.17) is 5.73 Å². The van der Waals surface area contributed by atoms with E-state index in [1.165, 1.54) is 0 Å². The van der Waals surface area contributed by atoms with E-state index in [0.717, 1.165) is 11.1 Å². The van der Waals surface area contributed by atoms with Crippen molar-refractivity contribution in [2.45, 2.75) is 0 Å². The molecule has 0 amide bonds. The van der Waals surface area contributed by atoms with Gasteiger partial charge in [0.1, 0.15) is 23.2 Å². The number of nitrogen functional groups attached to an aromatic ring is 1. The summed E-state index contributed by atoms with van der Waals surface area (Å²) in [6, 6.07) is 12.6. The normalized spacial score (nSPS) is 10.4. The van der Waals surface area contributed by atoms with Crippen molar-refractivity contribution in [3.63, 3.8) is 0 Å². The molecule has 22 heavy (non-hydrogen) atoms. The van der Waals surface area contributed by atoms with Gasteiger partial charge in [-0.05, 0) is 29.8 Å². The lowest BCUT2D eigenvalue weighted by Gasteiger charge is -2.09. The zero-order valence-corrected chi connectivity index (χ0v) is 12.0. The Morgan fingerprint density at radius 2 is 2.05 bits per heavy atom. The third-order valence-corrected chi connectivity index (χ3v) is 3.44. The molecule has 0 spiro atoms. The fourth-order valence-electron chi connectivity index (χ4n) is 2.39. The van der Waals surface area contributed by atoms with Crippen LogP contribution in [-0.4, -0.2) is 14.7 Å². The fraction of sp³-hybridized carbons (Fsp3) is 0.0588. The molecule has 3 N–H and O–H groups in total. The van der Waals surface area contributed by atoms with Crippen LogP contribution in [0.2, 0.25) is 0 Å². The zero-order valence-electron chi connectivity index (χ0n) is 12.0. The van der Waals surface area contributed by atoms with Gasteiger partial charge in [0.05, 0.1) is 5.69 Å². The summed E-state index contributed by atoms with van der Waals surface area (Å²) in [5.41, 5.74) is 9.25. The van der Waals surface area contributed by atoms with Gasteiger partial charge >= 0.3 is 0 Å². The van der Waals surface area contributed by atoms with Crippen molar-refractivity contribution in [1.82, 2.24) is 9.55 Å². The summed E-state index contributed by atoms with van der Waals surface area (Å²) in [5, 5.41) is 19.0. The Kier molecular flexibility index (Phi) is 3.28. The fourth-order valence-corrected chi connectivity index (χ4v) is 2.39. The summed E-state index contributed by atoms with van der Waals surface area (Å²) < 4.78 is 1.92. The molecule has 0 fully saturated rings. The summed E-state index contributed by atoms with van der Waals surface area (Å²) in [4.78, 5) is 4.32. The number of benzene rings is 1. The van der Waals surface area contributed by atoms with Crippen LogP contribution >= 0.6 is 0 Å². The van der Waals surface area contributed by atoms with Crippen molar-refractivity contribution in [2.24, 2.45) is 7.05 Å². The maximum absolute atomic E-state index is 9.66. The molecule has 0 aliphatic rings. The first kappa shape index (κ1) is 13.7. The predicted molar refractivity (Wildman–Crippen MR) is 84.9 cm³/mol. The Hall–Kier alpha value is -3.26. The van der Waals surface area contributed by atoms with Crippen LogP contribution in [0.4, 0.5) is 5.82 Å². The Labute approximate surface area is 127 Å². The molecule has 1 aromatic carbocycles. The Bertz CT molecular complexity index is 890. The molecule has 0 aliphatic heterocycles. The summed E-state index contributed by atoms with van der Waals surface area (Å²) in [7, 11) is 1.92. The van der Waals surface area contributed by atoms with E-state index < -0.39 is 0 Å². The standard InChI is InChI=1S/C17H14N4O/c1-21-6-5-12(10-21)16-8-14(15(9-18)17(19)20-16)11-3-2-4-13(22)7-11/h2-8,10,22H,1H3,(H2,19,20). The number of hydrogen-bond donors (Lipinski definition) is 2. The van der Waals surface area contributed by atoms with Crippen molar-refractivity contribution in [3.8, 4) is 34.2 Å². The summed E-state index contributed by atoms with van der Waals surface area (Å²) in [6.45, 7) is 0. The summed E-state index contributed by atoms with van der Waals surface area (Å²) >= 11 is 0.